The minimum Gasteiger partial charge on any atom is -0.464 e. The Labute approximate surface area is 361 Å². The zero-order valence-corrected chi connectivity index (χ0v) is 35.3. The second-order valence-electron chi connectivity index (χ2n) is 16.4. The van der Waals surface area contributed by atoms with Crippen LogP contribution in [0.25, 0.3) is 33.8 Å². The van der Waals surface area contributed by atoms with Gasteiger partial charge in [-0.15, -0.1) is 0 Å². The number of benzene rings is 6. The van der Waals surface area contributed by atoms with Crippen molar-refractivity contribution in [1.82, 2.24) is 19.6 Å². The van der Waals surface area contributed by atoms with E-state index >= 15 is 0 Å². The van der Waals surface area contributed by atoms with Crippen molar-refractivity contribution in [2.24, 2.45) is 0 Å². The van der Waals surface area contributed by atoms with E-state index in [0.717, 1.165) is 96.0 Å². The fourth-order valence-corrected chi connectivity index (χ4v) is 12.2. The highest BCUT2D eigenvalue weighted by Gasteiger charge is 2.41. The lowest BCUT2D eigenvalue weighted by Gasteiger charge is -2.33. The molecule has 0 amide bonds. The monoisotopic (exact) mass is 824 g/mol. The molecule has 0 unspecified atom stereocenters. The second-order valence-corrected chi connectivity index (χ2v) is 18.6. The molecule has 0 fully saturated rings. The molecule has 0 spiro atoms. The van der Waals surface area contributed by atoms with Gasteiger partial charge in [-0.3, -0.25) is 0 Å². The Morgan fingerprint density at radius 2 is 1.00 bits per heavy atom. The largest absolute Gasteiger partial charge is 0.464 e. The third-order valence-corrected chi connectivity index (χ3v) is 14.8. The maximum atomic E-state index is 6.59. The number of hydrogen-bond donors (Lipinski definition) is 0. The number of nitrogens with zero attached hydrogens (tertiary/aromatic N) is 4. The molecule has 0 saturated heterocycles. The van der Waals surface area contributed by atoms with E-state index in [4.69, 9.17) is 24.1 Å². The molecule has 13 rings (SSSR count). The van der Waals surface area contributed by atoms with Gasteiger partial charge < -0.3 is 13.9 Å². The quantitative estimate of drug-likeness (QED) is 0.165. The highest BCUT2D eigenvalue weighted by atomic mass is 32.2. The van der Waals surface area contributed by atoms with E-state index in [-0.39, 0.29) is 13.4 Å². The maximum absolute atomic E-state index is 6.59. The van der Waals surface area contributed by atoms with Gasteiger partial charge in [0.05, 0.1) is 29.0 Å². The fraction of sp³-hybridized carbons (Fsp3) is 0.0800. The summed E-state index contributed by atoms with van der Waals surface area (Å²) in [5, 5.41) is 9.63. The first-order chi connectivity index (χ1) is 29.8. The predicted molar refractivity (Wildman–Crippen MR) is 246 cm³/mol. The van der Waals surface area contributed by atoms with Crippen molar-refractivity contribution in [3.8, 4) is 56.8 Å². The van der Waals surface area contributed by atoms with E-state index in [2.05, 4.69) is 135 Å². The molecule has 7 heterocycles. The Morgan fingerprint density at radius 1 is 0.459 bits per heavy atom. The molecule has 0 aliphatic carbocycles. The Morgan fingerprint density at radius 3 is 1.67 bits per heavy atom. The highest BCUT2D eigenvalue weighted by molar-refractivity contribution is 8.01. The molecular weight excluding hydrogens is 790 g/mol. The number of rotatable bonds is 4. The third-order valence-electron chi connectivity index (χ3n) is 12.5. The Kier molecular flexibility index (Phi) is 7.49. The van der Waals surface area contributed by atoms with Crippen LogP contribution in [-0.4, -0.2) is 33.0 Å². The van der Waals surface area contributed by atoms with Gasteiger partial charge in [-0.05, 0) is 141 Å². The average molecular weight is 825 g/mol. The number of aromatic nitrogens is 4. The molecule has 0 atom stereocenters. The average Bonchev–Trinajstić information content (AvgIpc) is 4.00. The molecule has 4 aliphatic rings. The van der Waals surface area contributed by atoms with Crippen LogP contribution in [0.4, 0.5) is 0 Å². The molecule has 9 aromatic rings. The topological polar surface area (TPSA) is 67.2 Å². The van der Waals surface area contributed by atoms with Gasteiger partial charge in [0.15, 0.2) is 0 Å². The summed E-state index contributed by atoms with van der Waals surface area (Å²) in [4.78, 5) is 5.19. The maximum Gasteiger partial charge on any atom is 0.260 e. The zero-order chi connectivity index (χ0) is 40.7. The van der Waals surface area contributed by atoms with Gasteiger partial charge in [0, 0.05) is 47.6 Å². The van der Waals surface area contributed by atoms with Crippen molar-refractivity contribution in [3.05, 3.63) is 156 Å². The molecular formula is C50H34B2N4O3S2. The number of hydrogen-bond acceptors (Lipinski definition) is 7. The van der Waals surface area contributed by atoms with Gasteiger partial charge in [-0.1, -0.05) is 70.8 Å². The minimum absolute atomic E-state index is 0.0857. The van der Waals surface area contributed by atoms with Crippen LogP contribution in [0.2, 0.25) is 0 Å². The second kappa shape index (κ2) is 13.0. The van der Waals surface area contributed by atoms with Crippen LogP contribution in [0.3, 0.4) is 0 Å². The van der Waals surface area contributed by atoms with Crippen molar-refractivity contribution in [3.63, 3.8) is 0 Å². The lowest BCUT2D eigenvalue weighted by Crippen LogP contribution is -2.58. The molecule has 3 aromatic heterocycles. The lowest BCUT2D eigenvalue weighted by atomic mass is 9.34. The third kappa shape index (κ3) is 5.36. The molecule has 0 N–H and O–H groups in total. The van der Waals surface area contributed by atoms with Crippen LogP contribution in [0.5, 0.6) is 23.0 Å². The number of fused-ring (bicyclic) bond motifs is 8. The van der Waals surface area contributed by atoms with E-state index in [1.54, 1.807) is 0 Å². The number of aryl methyl sites for hydroxylation is 4. The summed E-state index contributed by atoms with van der Waals surface area (Å²) in [6.45, 7) is 8.28. The van der Waals surface area contributed by atoms with E-state index in [1.807, 2.05) is 59.6 Å². The van der Waals surface area contributed by atoms with E-state index in [9.17, 15) is 0 Å². The van der Waals surface area contributed by atoms with Gasteiger partial charge in [0.2, 0.25) is 6.71 Å². The van der Waals surface area contributed by atoms with Crippen molar-refractivity contribution in [2.45, 2.75) is 47.3 Å². The van der Waals surface area contributed by atoms with Crippen LogP contribution >= 0.6 is 23.5 Å². The van der Waals surface area contributed by atoms with Crippen molar-refractivity contribution < 1.29 is 13.9 Å². The molecule has 0 bridgehead atoms. The predicted octanol–water partition coefficient (Wildman–Crippen LogP) is 8.39. The molecule has 290 valence electrons. The zero-order valence-electron chi connectivity index (χ0n) is 33.7. The summed E-state index contributed by atoms with van der Waals surface area (Å²) in [6.07, 6.45) is 1.88. The Balaban J connectivity index is 0.893. The van der Waals surface area contributed by atoms with Gasteiger partial charge >= 0.3 is 0 Å². The van der Waals surface area contributed by atoms with Crippen molar-refractivity contribution >= 4 is 69.7 Å². The van der Waals surface area contributed by atoms with Gasteiger partial charge in [-0.2, -0.15) is 10.2 Å². The molecule has 4 aliphatic heterocycles. The van der Waals surface area contributed by atoms with Gasteiger partial charge in [0.1, 0.15) is 28.8 Å². The molecule has 11 heteroatoms. The first-order valence-electron chi connectivity index (χ1n) is 20.5. The molecule has 7 nitrogen and oxygen atoms in total. The van der Waals surface area contributed by atoms with Crippen molar-refractivity contribution in [2.75, 3.05) is 0 Å². The standard InChI is InChI=1S/C50H34B2N4O3S2/c1-27-19-29(3)55(53-27)34-13-16-41-37(24-34)51-36-21-31(11-15-40(36)58-42-7-5-8-43(59-41)49(42)51)33-23-44(57-26-33)32-12-17-45-38(22-32)52-39-25-35(56-30(4)20-28(2)54-56)14-18-46(39)61-48-10-6-9-47(60-45)50(48)52/h5-26H,1-4H3. The SMILES string of the molecule is Cc1cc(C)n(-c2ccc3c(c2)B2c4cc(-c5coc(-c6ccc7c(c6)B6c8cc(-n9nc(C)cc9C)ccc8Sc8cccc(c86)S7)c5)ccc4Oc4cccc(c42)O3)n1. The van der Waals surface area contributed by atoms with E-state index < -0.39 is 0 Å². The Bertz CT molecular complexity index is 3120. The van der Waals surface area contributed by atoms with Crippen LogP contribution in [-0.2, 0) is 0 Å². The fourth-order valence-electron chi connectivity index (χ4n) is 9.86. The summed E-state index contributed by atoms with van der Waals surface area (Å²) < 4.78 is 23.7. The number of furan rings is 1. The first kappa shape index (κ1) is 35.2. The van der Waals surface area contributed by atoms with E-state index in [1.165, 1.54) is 36.0 Å². The number of ether oxygens (including phenoxy) is 2. The normalized spacial score (nSPS) is 13.6. The van der Waals surface area contributed by atoms with Crippen LogP contribution in [0.1, 0.15) is 22.8 Å². The molecule has 0 saturated carbocycles. The van der Waals surface area contributed by atoms with E-state index in [0.29, 0.717) is 0 Å². The summed E-state index contributed by atoms with van der Waals surface area (Å²) in [5.41, 5.74) is 16.6. The molecule has 6 aromatic carbocycles. The van der Waals surface area contributed by atoms with Crippen molar-refractivity contribution in [1.29, 1.82) is 0 Å². The summed E-state index contributed by atoms with van der Waals surface area (Å²) in [5.74, 6) is 4.14. The first-order valence-corrected chi connectivity index (χ1v) is 22.1. The minimum atomic E-state index is -0.0915. The summed E-state index contributed by atoms with van der Waals surface area (Å²) in [6, 6.07) is 45.7. The smallest absolute Gasteiger partial charge is 0.260 e. The molecule has 0 radical (unpaired) electrons. The van der Waals surface area contributed by atoms with Crippen LogP contribution < -0.4 is 42.3 Å². The molecule has 61 heavy (non-hydrogen) atoms. The highest BCUT2D eigenvalue weighted by Crippen LogP contribution is 2.41. The summed E-state index contributed by atoms with van der Waals surface area (Å²) >= 11 is 3.73. The Hall–Kier alpha value is -6.55. The summed E-state index contributed by atoms with van der Waals surface area (Å²) in [7, 11) is 0. The lowest BCUT2D eigenvalue weighted by molar-refractivity contribution is 0.464. The van der Waals surface area contributed by atoms with Gasteiger partial charge in [-0.25, -0.2) is 9.36 Å². The van der Waals surface area contributed by atoms with Crippen LogP contribution in [0, 0.1) is 27.7 Å². The van der Waals surface area contributed by atoms with Crippen LogP contribution in [0.15, 0.2) is 158 Å². The van der Waals surface area contributed by atoms with Gasteiger partial charge in [0.25, 0.3) is 6.71 Å².